The number of nitrogens with two attached hydrogens (primary N) is 1. The van der Waals surface area contributed by atoms with Gasteiger partial charge in [0, 0.05) is 12.6 Å². The number of nitrogens with one attached hydrogen (secondary N) is 1. The van der Waals surface area contributed by atoms with Crippen LogP contribution >= 0.6 is 0 Å². The maximum atomic E-state index is 10.8. The van der Waals surface area contributed by atoms with Crippen LogP contribution in [0.25, 0.3) is 0 Å². The first-order valence-corrected chi connectivity index (χ1v) is 5.71. The van der Waals surface area contributed by atoms with Crippen molar-refractivity contribution < 1.29 is 4.92 Å². The van der Waals surface area contributed by atoms with Crippen molar-refractivity contribution in [3.05, 3.63) is 22.2 Å². The largest absolute Gasteiger partial charge is 0.384 e. The molecule has 1 aromatic heterocycles. The van der Waals surface area contributed by atoms with Gasteiger partial charge in [-0.15, -0.1) is 0 Å². The zero-order valence-corrected chi connectivity index (χ0v) is 9.77. The second-order valence-electron chi connectivity index (χ2n) is 4.57. The van der Waals surface area contributed by atoms with Crippen LogP contribution in [0.15, 0.2) is 12.1 Å². The Kier molecular flexibility index (Phi) is 2.87. The van der Waals surface area contributed by atoms with Gasteiger partial charge in [0.25, 0.3) is 0 Å². The van der Waals surface area contributed by atoms with Crippen molar-refractivity contribution in [2.75, 3.05) is 17.6 Å². The van der Waals surface area contributed by atoms with Crippen LogP contribution in [0.1, 0.15) is 26.2 Å². The maximum absolute atomic E-state index is 10.8. The third-order valence-corrected chi connectivity index (χ3v) is 3.43. The van der Waals surface area contributed by atoms with Crippen molar-refractivity contribution in [2.24, 2.45) is 5.41 Å². The number of hydrogen-bond donors (Lipinski definition) is 2. The van der Waals surface area contributed by atoms with E-state index in [-0.39, 0.29) is 11.5 Å². The summed E-state index contributed by atoms with van der Waals surface area (Å²) in [6.07, 6.45) is 3.43. The fourth-order valence-corrected chi connectivity index (χ4v) is 1.85. The predicted octanol–water partition coefficient (Wildman–Crippen LogP) is 2.17. The van der Waals surface area contributed by atoms with Crippen LogP contribution in [-0.4, -0.2) is 16.5 Å². The number of hydrogen-bond acceptors (Lipinski definition) is 5. The topological polar surface area (TPSA) is 94.1 Å². The third kappa shape index (κ3) is 2.46. The molecule has 0 bridgehead atoms. The van der Waals surface area contributed by atoms with Gasteiger partial charge >= 0.3 is 5.69 Å². The number of nitro groups is 1. The highest BCUT2D eigenvalue weighted by Gasteiger charge is 2.40. The van der Waals surface area contributed by atoms with E-state index < -0.39 is 4.92 Å². The molecule has 1 fully saturated rings. The molecule has 0 aliphatic heterocycles. The minimum absolute atomic E-state index is 0.0221. The molecule has 1 aliphatic carbocycles. The summed E-state index contributed by atoms with van der Waals surface area (Å²) in [4.78, 5) is 14.4. The summed E-state index contributed by atoms with van der Waals surface area (Å²) in [5.74, 6) is 0.564. The van der Waals surface area contributed by atoms with Crippen LogP contribution in [0.2, 0.25) is 0 Å². The average Bonchev–Trinajstić information content (AvgIpc) is 3.07. The van der Waals surface area contributed by atoms with Crippen molar-refractivity contribution in [3.63, 3.8) is 0 Å². The van der Waals surface area contributed by atoms with Crippen LogP contribution < -0.4 is 11.1 Å². The molecule has 0 unspecified atom stereocenters. The molecule has 0 amide bonds. The lowest BCUT2D eigenvalue weighted by atomic mass is 10.0. The summed E-state index contributed by atoms with van der Waals surface area (Å²) < 4.78 is 0. The summed E-state index contributed by atoms with van der Waals surface area (Å²) in [5.41, 5.74) is 5.82. The highest BCUT2D eigenvalue weighted by molar-refractivity contribution is 5.59. The number of rotatable bonds is 5. The monoisotopic (exact) mass is 236 g/mol. The van der Waals surface area contributed by atoms with Crippen LogP contribution in [0.5, 0.6) is 0 Å². The minimum atomic E-state index is -0.444. The Morgan fingerprint density at radius 1 is 1.59 bits per heavy atom. The Bertz CT molecular complexity index is 443. The van der Waals surface area contributed by atoms with E-state index in [1.807, 2.05) is 0 Å². The lowest BCUT2D eigenvalue weighted by molar-refractivity contribution is -0.384. The standard InChI is InChI=1S/C11H16N4O2/c1-2-11(5-6-11)7-13-10-8(15(16)17)3-4-9(12)14-10/h3-4H,2,5-7H2,1H3,(H3,12,13,14). The molecule has 1 aromatic rings. The van der Waals surface area contributed by atoms with Gasteiger partial charge < -0.3 is 11.1 Å². The molecule has 0 aromatic carbocycles. The molecule has 1 saturated carbocycles. The number of aromatic nitrogens is 1. The zero-order chi connectivity index (χ0) is 12.5. The predicted molar refractivity (Wildman–Crippen MR) is 65.8 cm³/mol. The van der Waals surface area contributed by atoms with E-state index in [4.69, 9.17) is 5.73 Å². The number of nitrogens with zero attached hydrogens (tertiary/aromatic N) is 2. The first kappa shape index (κ1) is 11.6. The molecule has 1 aliphatic rings. The molecule has 92 valence electrons. The van der Waals surface area contributed by atoms with Gasteiger partial charge in [-0.3, -0.25) is 10.1 Å². The SMILES string of the molecule is CCC1(CNc2nc(N)ccc2[N+](=O)[O-])CC1. The Hall–Kier alpha value is -1.85. The molecule has 6 nitrogen and oxygen atoms in total. The van der Waals surface area contributed by atoms with Crippen molar-refractivity contribution in [3.8, 4) is 0 Å². The maximum Gasteiger partial charge on any atom is 0.311 e. The lowest BCUT2D eigenvalue weighted by Gasteiger charge is -2.13. The Morgan fingerprint density at radius 3 is 2.82 bits per heavy atom. The molecule has 2 rings (SSSR count). The van der Waals surface area contributed by atoms with Gasteiger partial charge in [-0.25, -0.2) is 4.98 Å². The first-order valence-electron chi connectivity index (χ1n) is 5.71. The molecule has 17 heavy (non-hydrogen) atoms. The second-order valence-corrected chi connectivity index (χ2v) is 4.57. The van der Waals surface area contributed by atoms with E-state index in [0.29, 0.717) is 11.2 Å². The van der Waals surface area contributed by atoms with Crippen molar-refractivity contribution in [1.29, 1.82) is 0 Å². The highest BCUT2D eigenvalue weighted by Crippen LogP contribution is 2.48. The average molecular weight is 236 g/mol. The Morgan fingerprint density at radius 2 is 2.29 bits per heavy atom. The van der Waals surface area contributed by atoms with E-state index in [1.165, 1.54) is 25.0 Å². The number of pyridine rings is 1. The van der Waals surface area contributed by atoms with Crippen molar-refractivity contribution in [1.82, 2.24) is 4.98 Å². The summed E-state index contributed by atoms with van der Waals surface area (Å²) in [7, 11) is 0. The minimum Gasteiger partial charge on any atom is -0.384 e. The fraction of sp³-hybridized carbons (Fsp3) is 0.545. The van der Waals surface area contributed by atoms with E-state index in [9.17, 15) is 10.1 Å². The van der Waals surface area contributed by atoms with Crippen molar-refractivity contribution in [2.45, 2.75) is 26.2 Å². The molecule has 1 heterocycles. The smallest absolute Gasteiger partial charge is 0.311 e. The summed E-state index contributed by atoms with van der Waals surface area (Å²) in [6, 6.07) is 2.83. The summed E-state index contributed by atoms with van der Waals surface area (Å²) >= 11 is 0. The Balaban J connectivity index is 2.13. The van der Waals surface area contributed by atoms with E-state index in [1.54, 1.807) is 0 Å². The van der Waals surface area contributed by atoms with E-state index in [2.05, 4.69) is 17.2 Å². The normalized spacial score (nSPS) is 16.5. The molecule has 0 radical (unpaired) electrons. The first-order chi connectivity index (χ1) is 8.06. The van der Waals surface area contributed by atoms with Gasteiger partial charge in [0.15, 0.2) is 0 Å². The van der Waals surface area contributed by atoms with Crippen LogP contribution in [0.4, 0.5) is 17.3 Å². The molecule has 0 saturated heterocycles. The molecular weight excluding hydrogens is 220 g/mol. The second kappa shape index (κ2) is 4.20. The quantitative estimate of drug-likeness (QED) is 0.603. The van der Waals surface area contributed by atoms with E-state index >= 15 is 0 Å². The van der Waals surface area contributed by atoms with Crippen molar-refractivity contribution >= 4 is 17.3 Å². The van der Waals surface area contributed by atoms with Gasteiger partial charge in [-0.05, 0) is 30.7 Å². The van der Waals surface area contributed by atoms with Gasteiger partial charge in [0.05, 0.1) is 4.92 Å². The zero-order valence-electron chi connectivity index (χ0n) is 9.77. The third-order valence-electron chi connectivity index (χ3n) is 3.43. The molecule has 3 N–H and O–H groups in total. The Labute approximate surface area is 99.4 Å². The summed E-state index contributed by atoms with van der Waals surface area (Å²) in [6.45, 7) is 2.86. The summed E-state index contributed by atoms with van der Waals surface area (Å²) in [5, 5.41) is 13.9. The molecule has 0 atom stereocenters. The van der Waals surface area contributed by atoms with Gasteiger partial charge in [-0.1, -0.05) is 6.92 Å². The number of anilines is 2. The van der Waals surface area contributed by atoms with Crippen LogP contribution in [0, 0.1) is 15.5 Å². The van der Waals surface area contributed by atoms with Crippen LogP contribution in [0.3, 0.4) is 0 Å². The van der Waals surface area contributed by atoms with Gasteiger partial charge in [0.2, 0.25) is 5.82 Å². The fourth-order valence-electron chi connectivity index (χ4n) is 1.85. The molecule has 6 heteroatoms. The molecular formula is C11H16N4O2. The van der Waals surface area contributed by atoms with Gasteiger partial charge in [0.1, 0.15) is 5.82 Å². The lowest BCUT2D eigenvalue weighted by Crippen LogP contribution is -2.16. The number of nitrogen functional groups attached to an aromatic ring is 1. The van der Waals surface area contributed by atoms with Crippen LogP contribution in [-0.2, 0) is 0 Å². The highest BCUT2D eigenvalue weighted by atomic mass is 16.6. The van der Waals surface area contributed by atoms with Gasteiger partial charge in [-0.2, -0.15) is 0 Å². The van der Waals surface area contributed by atoms with E-state index in [0.717, 1.165) is 13.0 Å². The molecule has 0 spiro atoms.